The normalized spacial score (nSPS) is 10.1. The van der Waals surface area contributed by atoms with Gasteiger partial charge in [0.05, 0.1) is 12.4 Å². The number of hydrogen-bond acceptors (Lipinski definition) is 7. The van der Waals surface area contributed by atoms with Gasteiger partial charge in [0, 0.05) is 6.54 Å². The average Bonchev–Trinajstić information content (AvgIpc) is 2.99. The molecule has 0 bridgehead atoms. The van der Waals surface area contributed by atoms with Gasteiger partial charge in [0.15, 0.2) is 4.34 Å². The summed E-state index contributed by atoms with van der Waals surface area (Å²) in [5, 5.41) is 13.4. The van der Waals surface area contributed by atoms with E-state index in [1.54, 1.807) is 6.92 Å². The Kier molecular flexibility index (Phi) is 6.82. The van der Waals surface area contributed by atoms with Crippen LogP contribution in [0.4, 0.5) is 9.93 Å². The number of amides is 2. The van der Waals surface area contributed by atoms with Crippen molar-refractivity contribution in [1.82, 2.24) is 15.5 Å². The first-order valence-electron chi connectivity index (χ1n) is 6.88. The van der Waals surface area contributed by atoms with Crippen molar-refractivity contribution in [2.24, 2.45) is 0 Å². The molecular formula is C14H16N4O3S2. The van der Waals surface area contributed by atoms with Gasteiger partial charge in [-0.1, -0.05) is 53.4 Å². The van der Waals surface area contributed by atoms with Crippen molar-refractivity contribution in [1.29, 1.82) is 0 Å². The zero-order valence-electron chi connectivity index (χ0n) is 12.4. The molecule has 7 nitrogen and oxygen atoms in total. The minimum Gasteiger partial charge on any atom is -0.450 e. The number of rotatable bonds is 7. The predicted molar refractivity (Wildman–Crippen MR) is 89.6 cm³/mol. The Hall–Kier alpha value is -2.13. The van der Waals surface area contributed by atoms with Gasteiger partial charge in [0.25, 0.3) is 0 Å². The SMILES string of the molecule is CCOC(=O)Nc1nnc(SCC(=O)NCc2ccccc2)s1. The van der Waals surface area contributed by atoms with Gasteiger partial charge in [-0.15, -0.1) is 10.2 Å². The smallest absolute Gasteiger partial charge is 0.413 e. The van der Waals surface area contributed by atoms with Crippen molar-refractivity contribution in [3.8, 4) is 0 Å². The number of benzene rings is 1. The lowest BCUT2D eigenvalue weighted by Gasteiger charge is -2.03. The molecule has 0 aliphatic rings. The molecule has 23 heavy (non-hydrogen) atoms. The Labute approximate surface area is 141 Å². The molecule has 2 aromatic rings. The van der Waals surface area contributed by atoms with Crippen LogP contribution in [0.2, 0.25) is 0 Å². The molecule has 1 heterocycles. The fourth-order valence-electron chi connectivity index (χ4n) is 1.55. The van der Waals surface area contributed by atoms with Crippen LogP contribution < -0.4 is 10.6 Å². The summed E-state index contributed by atoms with van der Waals surface area (Å²) < 4.78 is 5.35. The van der Waals surface area contributed by atoms with Gasteiger partial charge in [-0.25, -0.2) is 4.79 Å². The lowest BCUT2D eigenvalue weighted by Crippen LogP contribution is -2.24. The zero-order chi connectivity index (χ0) is 16.5. The Morgan fingerprint density at radius 3 is 2.78 bits per heavy atom. The maximum Gasteiger partial charge on any atom is 0.413 e. The topological polar surface area (TPSA) is 93.2 Å². The first-order chi connectivity index (χ1) is 11.2. The summed E-state index contributed by atoms with van der Waals surface area (Å²) in [5.41, 5.74) is 1.04. The first kappa shape index (κ1) is 17.2. The van der Waals surface area contributed by atoms with E-state index in [1.807, 2.05) is 30.3 Å². The molecule has 0 aliphatic carbocycles. The summed E-state index contributed by atoms with van der Waals surface area (Å²) in [5.74, 6) is 0.148. The minimum atomic E-state index is -0.569. The van der Waals surface area contributed by atoms with Gasteiger partial charge in [0.2, 0.25) is 11.0 Å². The second-order valence-corrected chi connectivity index (χ2v) is 6.47. The number of aromatic nitrogens is 2. The number of carbonyl (C=O) groups is 2. The number of hydrogen-bond donors (Lipinski definition) is 2. The van der Waals surface area contributed by atoms with Crippen LogP contribution in [0.5, 0.6) is 0 Å². The van der Waals surface area contributed by atoms with Gasteiger partial charge >= 0.3 is 6.09 Å². The number of nitrogens with zero attached hydrogens (tertiary/aromatic N) is 2. The maximum absolute atomic E-state index is 11.8. The summed E-state index contributed by atoms with van der Waals surface area (Å²) in [4.78, 5) is 23.0. The third-order valence-electron chi connectivity index (χ3n) is 2.55. The van der Waals surface area contributed by atoms with Gasteiger partial charge in [-0.2, -0.15) is 0 Å². The van der Waals surface area contributed by atoms with E-state index in [2.05, 4.69) is 20.8 Å². The second-order valence-electron chi connectivity index (χ2n) is 4.27. The summed E-state index contributed by atoms with van der Waals surface area (Å²) in [6.45, 7) is 2.49. The molecular weight excluding hydrogens is 336 g/mol. The summed E-state index contributed by atoms with van der Waals surface area (Å²) in [7, 11) is 0. The molecule has 0 unspecified atom stereocenters. The van der Waals surface area contributed by atoms with Crippen molar-refractivity contribution in [3.05, 3.63) is 35.9 Å². The number of anilines is 1. The summed E-state index contributed by atoms with van der Waals surface area (Å²) >= 11 is 2.46. The molecule has 122 valence electrons. The van der Waals surface area contributed by atoms with E-state index in [0.29, 0.717) is 16.0 Å². The Morgan fingerprint density at radius 1 is 1.26 bits per heavy atom. The van der Waals surface area contributed by atoms with Crippen molar-refractivity contribution < 1.29 is 14.3 Å². The lowest BCUT2D eigenvalue weighted by atomic mass is 10.2. The molecule has 0 spiro atoms. The van der Waals surface area contributed by atoms with Crippen LogP contribution in [0.25, 0.3) is 0 Å². The highest BCUT2D eigenvalue weighted by Gasteiger charge is 2.10. The van der Waals surface area contributed by atoms with Crippen LogP contribution in [0.3, 0.4) is 0 Å². The summed E-state index contributed by atoms with van der Waals surface area (Å²) in [6.07, 6.45) is -0.569. The maximum atomic E-state index is 11.8. The molecule has 0 atom stereocenters. The van der Waals surface area contributed by atoms with Crippen LogP contribution >= 0.6 is 23.1 Å². The fourth-order valence-corrected chi connectivity index (χ4v) is 3.12. The molecule has 2 rings (SSSR count). The monoisotopic (exact) mass is 352 g/mol. The number of nitrogens with one attached hydrogen (secondary N) is 2. The lowest BCUT2D eigenvalue weighted by molar-refractivity contribution is -0.118. The van der Waals surface area contributed by atoms with Crippen LogP contribution in [-0.2, 0) is 16.1 Å². The molecule has 0 fully saturated rings. The number of ether oxygens (including phenoxy) is 1. The third-order valence-corrected chi connectivity index (χ3v) is 4.52. The van der Waals surface area contributed by atoms with E-state index in [0.717, 1.165) is 5.56 Å². The highest BCUT2D eigenvalue weighted by Crippen LogP contribution is 2.25. The molecule has 0 saturated heterocycles. The molecule has 1 aromatic heterocycles. The van der Waals surface area contributed by atoms with Gasteiger partial charge in [0.1, 0.15) is 0 Å². The van der Waals surface area contributed by atoms with Crippen molar-refractivity contribution >= 4 is 40.2 Å². The van der Waals surface area contributed by atoms with E-state index in [1.165, 1.54) is 23.1 Å². The quantitative estimate of drug-likeness (QED) is 0.587. The standard InChI is InChI=1S/C14H16N4O3S2/c1-2-21-13(20)16-12-17-18-14(23-12)22-9-11(19)15-8-10-6-4-3-5-7-10/h3-7H,2,8-9H2,1H3,(H,15,19)(H,16,17,20). The molecule has 0 saturated carbocycles. The van der Waals surface area contributed by atoms with Gasteiger partial charge in [-0.3, -0.25) is 10.1 Å². The molecule has 1 aromatic carbocycles. The van der Waals surface area contributed by atoms with E-state index in [-0.39, 0.29) is 18.3 Å². The molecule has 9 heteroatoms. The third kappa shape index (κ3) is 6.25. The molecule has 0 aliphatic heterocycles. The van der Waals surface area contributed by atoms with Gasteiger partial charge in [-0.05, 0) is 12.5 Å². The van der Waals surface area contributed by atoms with Crippen LogP contribution in [-0.4, -0.2) is 34.6 Å². The zero-order valence-corrected chi connectivity index (χ0v) is 14.1. The number of carbonyl (C=O) groups excluding carboxylic acids is 2. The summed E-state index contributed by atoms with van der Waals surface area (Å²) in [6, 6.07) is 9.68. The van der Waals surface area contributed by atoms with Crippen molar-refractivity contribution in [2.45, 2.75) is 17.8 Å². The highest BCUT2D eigenvalue weighted by molar-refractivity contribution is 8.01. The molecule has 0 radical (unpaired) electrons. The average molecular weight is 352 g/mol. The van der Waals surface area contributed by atoms with Crippen LogP contribution in [0, 0.1) is 0 Å². The Morgan fingerprint density at radius 2 is 2.04 bits per heavy atom. The molecule has 2 amide bonds. The predicted octanol–water partition coefficient (Wildman–Crippen LogP) is 2.52. The molecule has 2 N–H and O–H groups in total. The van der Waals surface area contributed by atoms with E-state index >= 15 is 0 Å². The van der Waals surface area contributed by atoms with E-state index in [4.69, 9.17) is 4.74 Å². The second kappa shape index (κ2) is 9.11. The van der Waals surface area contributed by atoms with E-state index < -0.39 is 6.09 Å². The number of thioether (sulfide) groups is 1. The minimum absolute atomic E-state index is 0.0889. The Balaban J connectivity index is 1.72. The first-order valence-corrected chi connectivity index (χ1v) is 8.68. The van der Waals surface area contributed by atoms with E-state index in [9.17, 15) is 9.59 Å². The highest BCUT2D eigenvalue weighted by atomic mass is 32.2. The van der Waals surface area contributed by atoms with Crippen molar-refractivity contribution in [3.63, 3.8) is 0 Å². The fraction of sp³-hybridized carbons (Fsp3) is 0.286. The van der Waals surface area contributed by atoms with Crippen molar-refractivity contribution in [2.75, 3.05) is 17.7 Å². The Bertz CT molecular complexity index is 648. The largest absolute Gasteiger partial charge is 0.450 e. The van der Waals surface area contributed by atoms with Crippen LogP contribution in [0.1, 0.15) is 12.5 Å². The van der Waals surface area contributed by atoms with Gasteiger partial charge < -0.3 is 10.1 Å². The van der Waals surface area contributed by atoms with Crippen LogP contribution in [0.15, 0.2) is 34.7 Å².